The molecule has 0 saturated carbocycles. The molecule has 0 bridgehead atoms. The lowest BCUT2D eigenvalue weighted by atomic mass is 9.90. The third-order valence-electron chi connectivity index (χ3n) is 3.55. The molecule has 0 spiro atoms. The van der Waals surface area contributed by atoms with Gasteiger partial charge in [0.15, 0.2) is 0 Å². The SMILES string of the molecule is CC(C)(CCNC(=O)c1cn(-c2ccc(Br)cc2)cn1)C(=O)O. The van der Waals surface area contributed by atoms with E-state index in [-0.39, 0.29) is 12.5 Å². The van der Waals surface area contributed by atoms with Crippen LogP contribution in [0, 0.1) is 5.41 Å². The number of carboxylic acid groups (broad SMARTS) is 1. The fraction of sp³-hybridized carbons (Fsp3) is 0.312. The standard InChI is InChI=1S/C16H18BrN3O3/c1-16(2,15(22)23)7-8-18-14(21)13-9-20(10-19-13)12-5-3-11(17)4-6-12/h3-6,9-10H,7-8H2,1-2H3,(H,18,21)(H,22,23). The molecule has 2 aromatic rings. The second kappa shape index (κ2) is 6.95. The Morgan fingerprint density at radius 2 is 1.96 bits per heavy atom. The molecule has 1 aromatic carbocycles. The van der Waals surface area contributed by atoms with Gasteiger partial charge in [0.2, 0.25) is 0 Å². The number of benzene rings is 1. The predicted octanol–water partition coefficient (Wildman–Crippen LogP) is 2.87. The molecule has 1 heterocycles. The maximum Gasteiger partial charge on any atom is 0.309 e. The van der Waals surface area contributed by atoms with E-state index in [0.29, 0.717) is 12.1 Å². The molecule has 0 aliphatic carbocycles. The summed E-state index contributed by atoms with van der Waals surface area (Å²) in [7, 11) is 0. The quantitative estimate of drug-likeness (QED) is 0.807. The number of carboxylic acids is 1. The van der Waals surface area contributed by atoms with Crippen molar-refractivity contribution in [2.24, 2.45) is 5.41 Å². The van der Waals surface area contributed by atoms with Crippen molar-refractivity contribution in [1.82, 2.24) is 14.9 Å². The van der Waals surface area contributed by atoms with Crippen molar-refractivity contribution in [3.05, 3.63) is 47.0 Å². The van der Waals surface area contributed by atoms with E-state index < -0.39 is 11.4 Å². The van der Waals surface area contributed by atoms with E-state index in [1.54, 1.807) is 30.9 Å². The summed E-state index contributed by atoms with van der Waals surface area (Å²) in [6.07, 6.45) is 3.56. The summed E-state index contributed by atoms with van der Waals surface area (Å²) in [6.45, 7) is 3.54. The molecule has 0 radical (unpaired) electrons. The van der Waals surface area contributed by atoms with Gasteiger partial charge in [-0.15, -0.1) is 0 Å². The second-order valence-electron chi connectivity index (χ2n) is 5.84. The number of hydrogen-bond acceptors (Lipinski definition) is 3. The first kappa shape index (κ1) is 17.2. The third-order valence-corrected chi connectivity index (χ3v) is 4.08. The van der Waals surface area contributed by atoms with Crippen molar-refractivity contribution >= 4 is 27.8 Å². The van der Waals surface area contributed by atoms with Crippen molar-refractivity contribution in [3.8, 4) is 5.69 Å². The van der Waals surface area contributed by atoms with E-state index in [1.807, 2.05) is 24.3 Å². The first-order chi connectivity index (χ1) is 10.8. The van der Waals surface area contributed by atoms with Crippen LogP contribution >= 0.6 is 15.9 Å². The number of rotatable bonds is 6. The predicted molar refractivity (Wildman–Crippen MR) is 89.6 cm³/mol. The van der Waals surface area contributed by atoms with Gasteiger partial charge in [0.05, 0.1) is 5.41 Å². The zero-order valence-electron chi connectivity index (χ0n) is 12.9. The zero-order chi connectivity index (χ0) is 17.0. The molecule has 2 N–H and O–H groups in total. The Hall–Kier alpha value is -2.15. The van der Waals surface area contributed by atoms with Crippen LogP contribution in [0.2, 0.25) is 0 Å². The molecule has 0 atom stereocenters. The summed E-state index contributed by atoms with van der Waals surface area (Å²) in [4.78, 5) is 27.2. The molecule has 0 aliphatic heterocycles. The molecule has 1 amide bonds. The Balaban J connectivity index is 1.96. The Bertz CT molecular complexity index is 708. The summed E-state index contributed by atoms with van der Waals surface area (Å²) in [5.41, 5.74) is 0.317. The summed E-state index contributed by atoms with van der Waals surface area (Å²) < 4.78 is 2.73. The normalized spacial score (nSPS) is 11.3. The van der Waals surface area contributed by atoms with Crippen molar-refractivity contribution in [3.63, 3.8) is 0 Å². The van der Waals surface area contributed by atoms with Crippen molar-refractivity contribution in [2.45, 2.75) is 20.3 Å². The largest absolute Gasteiger partial charge is 0.481 e. The molecule has 122 valence electrons. The number of hydrogen-bond donors (Lipinski definition) is 2. The number of halogens is 1. The summed E-state index contributed by atoms with van der Waals surface area (Å²) in [6, 6.07) is 7.62. The van der Waals surface area contributed by atoms with Crippen LogP contribution in [-0.4, -0.2) is 33.1 Å². The lowest BCUT2D eigenvalue weighted by Crippen LogP contribution is -2.32. The van der Waals surface area contributed by atoms with Crippen LogP contribution in [0.15, 0.2) is 41.3 Å². The van der Waals surface area contributed by atoms with Crippen LogP contribution < -0.4 is 5.32 Å². The number of carbonyl (C=O) groups excluding carboxylic acids is 1. The highest BCUT2D eigenvalue weighted by Crippen LogP contribution is 2.19. The summed E-state index contributed by atoms with van der Waals surface area (Å²) in [5.74, 6) is -1.20. The number of imidazole rings is 1. The van der Waals surface area contributed by atoms with E-state index in [2.05, 4.69) is 26.2 Å². The minimum absolute atomic E-state index is 0.281. The Morgan fingerprint density at radius 3 is 2.57 bits per heavy atom. The van der Waals surface area contributed by atoms with Crippen molar-refractivity contribution in [2.75, 3.05) is 6.54 Å². The van der Waals surface area contributed by atoms with Gasteiger partial charge in [-0.25, -0.2) is 4.98 Å². The zero-order valence-corrected chi connectivity index (χ0v) is 14.5. The molecule has 6 nitrogen and oxygen atoms in total. The molecule has 0 fully saturated rings. The Morgan fingerprint density at radius 1 is 1.30 bits per heavy atom. The number of amides is 1. The van der Waals surface area contributed by atoms with Crippen molar-refractivity contribution < 1.29 is 14.7 Å². The average molecular weight is 380 g/mol. The van der Waals surface area contributed by atoms with Crippen LogP contribution in [0.1, 0.15) is 30.8 Å². The van der Waals surface area contributed by atoms with E-state index in [0.717, 1.165) is 10.2 Å². The van der Waals surface area contributed by atoms with Gasteiger partial charge in [0.25, 0.3) is 5.91 Å². The maximum absolute atomic E-state index is 12.1. The number of aromatic nitrogens is 2. The van der Waals surface area contributed by atoms with Crippen LogP contribution in [0.5, 0.6) is 0 Å². The minimum Gasteiger partial charge on any atom is -0.481 e. The van der Waals surface area contributed by atoms with E-state index in [1.165, 1.54) is 0 Å². The van der Waals surface area contributed by atoms with Crippen LogP contribution in [-0.2, 0) is 4.79 Å². The molecule has 0 unspecified atom stereocenters. The van der Waals surface area contributed by atoms with Gasteiger partial charge in [0, 0.05) is 22.9 Å². The fourth-order valence-electron chi connectivity index (χ4n) is 1.88. The third kappa shape index (κ3) is 4.41. The number of aliphatic carboxylic acids is 1. The lowest BCUT2D eigenvalue weighted by molar-refractivity contribution is -0.147. The van der Waals surface area contributed by atoms with Crippen LogP contribution in [0.25, 0.3) is 5.69 Å². The molecule has 1 aromatic heterocycles. The summed E-state index contributed by atoms with van der Waals surface area (Å²) >= 11 is 3.37. The Kier molecular flexibility index (Phi) is 5.20. The second-order valence-corrected chi connectivity index (χ2v) is 6.75. The lowest BCUT2D eigenvalue weighted by Gasteiger charge is -2.18. The highest BCUT2D eigenvalue weighted by Gasteiger charge is 2.26. The van der Waals surface area contributed by atoms with Crippen LogP contribution in [0.4, 0.5) is 0 Å². The van der Waals surface area contributed by atoms with Gasteiger partial charge < -0.3 is 15.0 Å². The van der Waals surface area contributed by atoms with Gasteiger partial charge in [0.1, 0.15) is 12.0 Å². The van der Waals surface area contributed by atoms with E-state index in [9.17, 15) is 9.59 Å². The smallest absolute Gasteiger partial charge is 0.309 e. The number of carbonyl (C=O) groups is 2. The minimum atomic E-state index is -0.883. The molecular weight excluding hydrogens is 362 g/mol. The van der Waals surface area contributed by atoms with Gasteiger partial charge in [-0.05, 0) is 44.5 Å². The van der Waals surface area contributed by atoms with Gasteiger partial charge in [-0.2, -0.15) is 0 Å². The molecule has 0 aliphatic rings. The van der Waals surface area contributed by atoms with Crippen LogP contribution in [0.3, 0.4) is 0 Å². The summed E-state index contributed by atoms with van der Waals surface area (Å²) in [5, 5.41) is 11.7. The molecular formula is C16H18BrN3O3. The maximum atomic E-state index is 12.1. The highest BCUT2D eigenvalue weighted by atomic mass is 79.9. The fourth-order valence-corrected chi connectivity index (χ4v) is 2.14. The Labute approximate surface area is 142 Å². The van der Waals surface area contributed by atoms with Gasteiger partial charge in [-0.3, -0.25) is 9.59 Å². The first-order valence-corrected chi connectivity index (χ1v) is 7.90. The first-order valence-electron chi connectivity index (χ1n) is 7.11. The monoisotopic (exact) mass is 379 g/mol. The van der Waals surface area contributed by atoms with E-state index >= 15 is 0 Å². The van der Waals surface area contributed by atoms with E-state index in [4.69, 9.17) is 5.11 Å². The molecule has 23 heavy (non-hydrogen) atoms. The molecule has 2 rings (SSSR count). The number of nitrogens with zero attached hydrogens (tertiary/aromatic N) is 2. The van der Waals surface area contributed by atoms with Crippen molar-refractivity contribution in [1.29, 1.82) is 0 Å². The molecule has 7 heteroatoms. The number of nitrogens with one attached hydrogen (secondary N) is 1. The van der Waals surface area contributed by atoms with Gasteiger partial charge in [-0.1, -0.05) is 15.9 Å². The molecule has 0 saturated heterocycles. The highest BCUT2D eigenvalue weighted by molar-refractivity contribution is 9.10. The topological polar surface area (TPSA) is 84.2 Å². The average Bonchev–Trinajstić information content (AvgIpc) is 2.97. The van der Waals surface area contributed by atoms with Gasteiger partial charge >= 0.3 is 5.97 Å².